The van der Waals surface area contributed by atoms with Gasteiger partial charge in [-0.2, -0.15) is 0 Å². The summed E-state index contributed by atoms with van der Waals surface area (Å²) in [6.45, 7) is 0. The molecule has 0 radical (unpaired) electrons. The molecule has 1 aromatic heterocycles. The average Bonchev–Trinajstić information content (AvgIpc) is 2.92. The Hall–Kier alpha value is -0.410. The molecule has 2 aliphatic carbocycles. The Bertz CT molecular complexity index is 358. The summed E-state index contributed by atoms with van der Waals surface area (Å²) in [6, 6.07) is 0.519. The molecule has 94 valence electrons. The number of thiazole rings is 1. The van der Waals surface area contributed by atoms with Crippen LogP contribution in [-0.2, 0) is 12.8 Å². The van der Waals surface area contributed by atoms with Crippen LogP contribution < -0.4 is 5.32 Å². The fraction of sp³-hybridized carbons (Fsp3) is 0.786. The fourth-order valence-corrected chi connectivity index (χ4v) is 4.73. The van der Waals surface area contributed by atoms with E-state index in [1.165, 1.54) is 62.1 Å². The minimum atomic E-state index is 0.519. The number of aromatic nitrogens is 1. The lowest BCUT2D eigenvalue weighted by atomic mass is 9.84. The van der Waals surface area contributed by atoms with Crippen molar-refractivity contribution in [3.63, 3.8) is 0 Å². The van der Waals surface area contributed by atoms with Crippen LogP contribution in [0.1, 0.15) is 60.1 Å². The molecule has 0 amide bonds. The van der Waals surface area contributed by atoms with Crippen molar-refractivity contribution in [2.45, 2.75) is 57.4 Å². The maximum atomic E-state index is 4.89. The molecule has 1 atom stereocenters. The van der Waals surface area contributed by atoms with Gasteiger partial charge in [-0.25, -0.2) is 4.98 Å². The van der Waals surface area contributed by atoms with E-state index in [0.29, 0.717) is 6.04 Å². The summed E-state index contributed by atoms with van der Waals surface area (Å²) in [5.41, 5.74) is 1.40. The van der Waals surface area contributed by atoms with Gasteiger partial charge in [0.15, 0.2) is 0 Å². The Morgan fingerprint density at radius 2 is 2.00 bits per heavy atom. The van der Waals surface area contributed by atoms with Crippen molar-refractivity contribution in [3.05, 3.63) is 15.6 Å². The van der Waals surface area contributed by atoms with Gasteiger partial charge in [0.2, 0.25) is 0 Å². The summed E-state index contributed by atoms with van der Waals surface area (Å²) in [5.74, 6) is 0.819. The molecule has 3 heteroatoms. The van der Waals surface area contributed by atoms with E-state index < -0.39 is 0 Å². The summed E-state index contributed by atoms with van der Waals surface area (Å²) in [4.78, 5) is 6.46. The maximum Gasteiger partial charge on any atom is 0.110 e. The summed E-state index contributed by atoms with van der Waals surface area (Å²) in [6.07, 6.45) is 10.8. The smallest absolute Gasteiger partial charge is 0.110 e. The lowest BCUT2D eigenvalue weighted by molar-refractivity contribution is 0.281. The Morgan fingerprint density at radius 3 is 2.71 bits per heavy atom. The van der Waals surface area contributed by atoms with Crippen LogP contribution in [0.15, 0.2) is 0 Å². The predicted molar refractivity (Wildman–Crippen MR) is 72.5 cm³/mol. The van der Waals surface area contributed by atoms with Crippen LogP contribution >= 0.6 is 11.3 Å². The molecule has 3 rings (SSSR count). The van der Waals surface area contributed by atoms with Crippen molar-refractivity contribution in [1.29, 1.82) is 0 Å². The van der Waals surface area contributed by atoms with E-state index in [0.717, 1.165) is 5.92 Å². The van der Waals surface area contributed by atoms with Crippen LogP contribution in [0.25, 0.3) is 0 Å². The molecule has 0 spiro atoms. The number of hydrogen-bond acceptors (Lipinski definition) is 3. The van der Waals surface area contributed by atoms with Gasteiger partial charge in [-0.05, 0) is 45.1 Å². The van der Waals surface area contributed by atoms with E-state index in [9.17, 15) is 0 Å². The third-order valence-corrected chi connectivity index (χ3v) is 5.55. The summed E-state index contributed by atoms with van der Waals surface area (Å²) < 4.78 is 0. The van der Waals surface area contributed by atoms with E-state index in [1.54, 1.807) is 4.88 Å². The first-order chi connectivity index (χ1) is 8.38. The van der Waals surface area contributed by atoms with Crippen LogP contribution in [0.2, 0.25) is 0 Å². The molecule has 0 bridgehead atoms. The Kier molecular flexibility index (Phi) is 3.48. The predicted octanol–water partition coefficient (Wildman–Crippen LogP) is 3.47. The largest absolute Gasteiger partial charge is 0.311 e. The minimum absolute atomic E-state index is 0.519. The van der Waals surface area contributed by atoms with E-state index in [4.69, 9.17) is 4.98 Å². The standard InChI is InChI=1S/C14H22N2S/c1-15-13(10-6-3-2-4-7-10)14-16-11-8-5-9-12(11)17-14/h10,13,15H,2-9H2,1H3. The number of rotatable bonds is 3. The van der Waals surface area contributed by atoms with Gasteiger partial charge in [0, 0.05) is 4.88 Å². The van der Waals surface area contributed by atoms with Gasteiger partial charge >= 0.3 is 0 Å². The number of fused-ring (bicyclic) bond motifs is 1. The Morgan fingerprint density at radius 1 is 1.18 bits per heavy atom. The molecule has 1 saturated carbocycles. The van der Waals surface area contributed by atoms with Gasteiger partial charge in [-0.15, -0.1) is 11.3 Å². The SMILES string of the molecule is CNC(c1nc2c(s1)CCC2)C1CCCCC1. The van der Waals surface area contributed by atoms with Crippen LogP contribution in [0, 0.1) is 5.92 Å². The molecular weight excluding hydrogens is 228 g/mol. The summed E-state index contributed by atoms with van der Waals surface area (Å²) >= 11 is 1.97. The molecule has 17 heavy (non-hydrogen) atoms. The first kappa shape index (κ1) is 11.7. The van der Waals surface area contributed by atoms with E-state index in [2.05, 4.69) is 12.4 Å². The van der Waals surface area contributed by atoms with Crippen LogP contribution in [0.4, 0.5) is 0 Å². The zero-order valence-electron chi connectivity index (χ0n) is 10.7. The highest BCUT2D eigenvalue weighted by molar-refractivity contribution is 7.11. The molecule has 1 unspecified atom stereocenters. The normalized spacial score (nSPS) is 22.6. The first-order valence-corrected chi connectivity index (χ1v) is 7.86. The first-order valence-electron chi connectivity index (χ1n) is 7.04. The molecule has 2 aliphatic rings. The van der Waals surface area contributed by atoms with Crippen molar-refractivity contribution in [2.75, 3.05) is 7.05 Å². The zero-order valence-corrected chi connectivity index (χ0v) is 11.5. The second kappa shape index (κ2) is 5.07. The Labute approximate surface area is 108 Å². The lowest BCUT2D eigenvalue weighted by Crippen LogP contribution is -2.26. The van der Waals surface area contributed by atoms with Crippen molar-refractivity contribution in [2.24, 2.45) is 5.92 Å². The number of hydrogen-bond donors (Lipinski definition) is 1. The summed E-state index contributed by atoms with van der Waals surface area (Å²) in [5, 5.41) is 4.89. The average molecular weight is 250 g/mol. The van der Waals surface area contributed by atoms with Gasteiger partial charge in [0.25, 0.3) is 0 Å². The topological polar surface area (TPSA) is 24.9 Å². The van der Waals surface area contributed by atoms with Gasteiger partial charge in [-0.3, -0.25) is 0 Å². The zero-order chi connectivity index (χ0) is 11.7. The molecule has 0 aliphatic heterocycles. The van der Waals surface area contributed by atoms with Gasteiger partial charge < -0.3 is 5.32 Å². The summed E-state index contributed by atoms with van der Waals surface area (Å²) in [7, 11) is 2.10. The molecular formula is C14H22N2S. The monoisotopic (exact) mass is 250 g/mol. The quantitative estimate of drug-likeness (QED) is 0.888. The maximum absolute atomic E-state index is 4.89. The molecule has 1 fully saturated rings. The highest BCUT2D eigenvalue weighted by Gasteiger charge is 2.28. The lowest BCUT2D eigenvalue weighted by Gasteiger charge is -2.28. The van der Waals surface area contributed by atoms with Crippen molar-refractivity contribution in [1.82, 2.24) is 10.3 Å². The second-order valence-electron chi connectivity index (χ2n) is 5.44. The van der Waals surface area contributed by atoms with Crippen LogP contribution in [-0.4, -0.2) is 12.0 Å². The number of nitrogens with zero attached hydrogens (tertiary/aromatic N) is 1. The van der Waals surface area contributed by atoms with Crippen molar-refractivity contribution >= 4 is 11.3 Å². The van der Waals surface area contributed by atoms with Crippen LogP contribution in [0.3, 0.4) is 0 Å². The molecule has 2 nitrogen and oxygen atoms in total. The van der Waals surface area contributed by atoms with Crippen LogP contribution in [0.5, 0.6) is 0 Å². The Balaban J connectivity index is 1.78. The molecule has 1 aromatic rings. The van der Waals surface area contributed by atoms with E-state index >= 15 is 0 Å². The van der Waals surface area contributed by atoms with Gasteiger partial charge in [-0.1, -0.05) is 19.3 Å². The second-order valence-corrected chi connectivity index (χ2v) is 6.56. The van der Waals surface area contributed by atoms with Gasteiger partial charge in [0.1, 0.15) is 5.01 Å². The highest BCUT2D eigenvalue weighted by Crippen LogP contribution is 2.38. The molecule has 1 heterocycles. The van der Waals surface area contributed by atoms with E-state index in [1.807, 2.05) is 11.3 Å². The van der Waals surface area contributed by atoms with Gasteiger partial charge in [0.05, 0.1) is 11.7 Å². The van der Waals surface area contributed by atoms with Crippen molar-refractivity contribution in [3.8, 4) is 0 Å². The molecule has 0 saturated heterocycles. The third-order valence-electron chi connectivity index (χ3n) is 4.31. The van der Waals surface area contributed by atoms with Crippen molar-refractivity contribution < 1.29 is 0 Å². The molecule has 0 aromatic carbocycles. The fourth-order valence-electron chi connectivity index (χ4n) is 3.37. The third kappa shape index (κ3) is 2.27. The highest BCUT2D eigenvalue weighted by atomic mass is 32.1. The molecule has 1 N–H and O–H groups in total. The number of nitrogens with one attached hydrogen (secondary N) is 1. The minimum Gasteiger partial charge on any atom is -0.311 e. The van der Waals surface area contributed by atoms with E-state index in [-0.39, 0.29) is 0 Å². The number of aryl methyl sites for hydroxylation is 2.